The second kappa shape index (κ2) is 2.80. The van der Waals surface area contributed by atoms with Crippen LogP contribution in [0.25, 0.3) is 0 Å². The summed E-state index contributed by atoms with van der Waals surface area (Å²) in [4.78, 5) is 3.48. The van der Waals surface area contributed by atoms with Crippen LogP contribution >= 0.6 is 27.6 Å². The summed E-state index contributed by atoms with van der Waals surface area (Å²) < 4.78 is 36.4. The molecule has 0 aromatic heterocycles. The van der Waals surface area contributed by atoms with Crippen LogP contribution in [0.15, 0.2) is 0 Å². The Kier molecular flexibility index (Phi) is 1.79. The molecule has 0 radical (unpaired) electrons. The normalized spacial score (nSPS) is 22.9. The standard InChI is InChI=1S/H2O4P2S/c1-5-4-6(2,3)7/h(H2,2,3,7)/i/hD2. The lowest BCUT2D eigenvalue weighted by atomic mass is 15.8. The van der Waals surface area contributed by atoms with E-state index < -0.39 is 15.5 Å². The fraction of sp³-hybridized carbons (Fsp3) is 0. The Morgan fingerprint density at radius 1 is 2.29 bits per heavy atom. The molecule has 4 nitrogen and oxygen atoms in total. The second-order valence-electron chi connectivity index (χ2n) is 0.603. The topological polar surface area (TPSA) is 63.6 Å². The maximum atomic E-state index is 10.5. The molecule has 1 atom stereocenters. The summed E-state index contributed by atoms with van der Waals surface area (Å²) in [5.41, 5.74) is 0. The highest BCUT2D eigenvalue weighted by molar-refractivity contribution is 8.44. The number of thiol groups is 1. The molecule has 0 aromatic carbocycles. The zero-order chi connectivity index (χ0) is 7.33. The molecule has 0 bridgehead atoms. The Hall–Kier alpha value is 0.600. The Balaban J connectivity index is 3.93. The quantitative estimate of drug-likeness (QED) is 0.482. The molecular formula is H2O4P2S. The van der Waals surface area contributed by atoms with Crippen LogP contribution in [0, 0.1) is 0 Å². The molecule has 0 saturated carbocycles. The molecular weight excluding hydrogens is 158 g/mol. The first-order chi connectivity index (χ1) is 4.18. The van der Waals surface area contributed by atoms with E-state index in [0.717, 1.165) is 0 Å². The summed E-state index contributed by atoms with van der Waals surface area (Å²) in [6.45, 7) is -3.76. The molecule has 0 rings (SSSR count). The lowest BCUT2D eigenvalue weighted by Crippen LogP contribution is -1.61. The van der Waals surface area contributed by atoms with Crippen molar-refractivity contribution in [2.45, 2.75) is 0 Å². The van der Waals surface area contributed by atoms with E-state index in [1.165, 1.54) is 0 Å². The largest absolute Gasteiger partial charge is 0.393 e. The van der Waals surface area contributed by atoms with Gasteiger partial charge in [0, 0.05) is 0 Å². The van der Waals surface area contributed by atoms with Gasteiger partial charge in [-0.2, -0.15) is 0 Å². The molecule has 1 unspecified atom stereocenters. The molecule has 0 saturated heterocycles. The molecule has 0 heterocycles. The Morgan fingerprint density at radius 3 is 3.14 bits per heavy atom. The number of rotatable bonds is 4. The average Bonchev–Trinajstić information content (AvgIpc) is 1.89. The lowest BCUT2D eigenvalue weighted by Gasteiger charge is -1.91. The first-order valence-electron chi connectivity index (χ1n) is 1.91. The zero-order valence-electron chi connectivity index (χ0n) is 4.94. The summed E-state index contributed by atoms with van der Waals surface area (Å²) in [6.07, 6.45) is 0. The van der Waals surface area contributed by atoms with Crippen LogP contribution in [0.5, 0.6) is 0 Å². The van der Waals surface area contributed by atoms with Gasteiger partial charge in [-0.25, -0.2) is 13.4 Å². The van der Waals surface area contributed by atoms with E-state index in [4.69, 9.17) is 2.55 Å². The van der Waals surface area contributed by atoms with Gasteiger partial charge in [-0.05, 0) is 0 Å². The van der Waals surface area contributed by atoms with E-state index in [0.29, 0.717) is 0 Å². The predicted molar refractivity (Wildman–Crippen MR) is 27.5 cm³/mol. The summed E-state index contributed by atoms with van der Waals surface area (Å²) in [5.74, 6) is 0. The maximum Gasteiger partial charge on any atom is 0.393 e. The lowest BCUT2D eigenvalue weighted by molar-refractivity contribution is 0.411. The zero-order valence-corrected chi connectivity index (χ0v) is 5.54. The van der Waals surface area contributed by atoms with Crippen LogP contribution in [0.1, 0.15) is 0 Å². The Bertz CT molecular complexity index is 129. The van der Waals surface area contributed by atoms with Crippen LogP contribution in [0.4, 0.5) is 0 Å². The highest BCUT2D eigenvalue weighted by atomic mass is 32.7. The molecule has 7 heteroatoms. The highest BCUT2D eigenvalue weighted by Gasteiger charge is 2.10. The smallest absolute Gasteiger partial charge is 0.316 e. The average molecular weight is 162 g/mol. The Labute approximate surface area is 49.4 Å². The summed E-state index contributed by atoms with van der Waals surface area (Å²) >= 11 is -0.0365. The van der Waals surface area contributed by atoms with Crippen molar-refractivity contribution in [3.05, 3.63) is 0 Å². The predicted octanol–water partition coefficient (Wildman–Crippen LogP) is 1.24. The van der Waals surface area contributed by atoms with Crippen molar-refractivity contribution in [2.24, 2.45) is 0 Å². The SMILES string of the molecule is [2H]OP(=O)(OP=O)S[2H]. The first-order valence-corrected chi connectivity index (χ1v) is 4.38. The van der Waals surface area contributed by atoms with Gasteiger partial charge in [-0.15, -0.1) is 0 Å². The molecule has 0 aliphatic rings. The van der Waals surface area contributed by atoms with Gasteiger partial charge < -0.3 is 4.90 Å². The molecule has 0 spiro atoms. The molecule has 0 amide bonds. The first kappa shape index (κ1) is 4.48. The van der Waals surface area contributed by atoms with Crippen molar-refractivity contribution >= 4 is 27.6 Å². The van der Waals surface area contributed by atoms with Crippen LogP contribution in [0.2, 0.25) is 0 Å². The van der Waals surface area contributed by atoms with E-state index in [1.54, 1.807) is 0 Å². The van der Waals surface area contributed by atoms with Crippen LogP contribution in [0.3, 0.4) is 0 Å². The van der Waals surface area contributed by atoms with Gasteiger partial charge in [-0.1, -0.05) is 12.2 Å². The monoisotopic (exact) mass is 162 g/mol. The van der Waals surface area contributed by atoms with Crippen molar-refractivity contribution in [2.75, 3.05) is 0 Å². The molecule has 7 heavy (non-hydrogen) atoms. The molecule has 0 aliphatic heterocycles. The van der Waals surface area contributed by atoms with Gasteiger partial charge in [0.25, 0.3) is 0 Å². The summed E-state index contributed by atoms with van der Waals surface area (Å²) in [5, 5.41) is 0. The van der Waals surface area contributed by atoms with E-state index in [9.17, 15) is 9.13 Å². The maximum absolute atomic E-state index is 10.5. The van der Waals surface area contributed by atoms with Gasteiger partial charge in [-0.3, -0.25) is 0 Å². The van der Waals surface area contributed by atoms with Crippen molar-refractivity contribution in [1.29, 1.82) is 2.55 Å². The molecule has 0 aromatic rings. The van der Waals surface area contributed by atoms with Gasteiger partial charge in [0.05, 0.1) is 0 Å². The third-order valence-corrected chi connectivity index (χ3v) is 1.80. The highest BCUT2D eigenvalue weighted by Crippen LogP contribution is 2.49. The number of hydrogen-bond acceptors (Lipinski definition) is 5. The number of hydrogen-bond donors (Lipinski definition) is 2. The fourth-order valence-corrected chi connectivity index (χ4v) is 0.612. The van der Waals surface area contributed by atoms with Crippen LogP contribution in [-0.2, 0) is 13.4 Å². The molecule has 0 aliphatic carbocycles. The van der Waals surface area contributed by atoms with Crippen LogP contribution < -0.4 is 0 Å². The van der Waals surface area contributed by atoms with Crippen molar-refractivity contribution in [3.63, 3.8) is 0 Å². The van der Waals surface area contributed by atoms with Gasteiger partial charge in [0.1, 0.15) is 1.12 Å². The van der Waals surface area contributed by atoms with Crippen molar-refractivity contribution in [1.82, 2.24) is 0 Å². The van der Waals surface area contributed by atoms with Crippen LogP contribution in [-0.4, -0.2) is 7.45 Å². The van der Waals surface area contributed by atoms with Crippen molar-refractivity contribution in [3.8, 4) is 0 Å². The third kappa shape index (κ3) is 6.60. The van der Waals surface area contributed by atoms with E-state index in [-0.39, 0.29) is 12.2 Å². The molecule has 0 fully saturated rings. The van der Waals surface area contributed by atoms with E-state index in [1.807, 2.05) is 0 Å². The second-order valence-corrected chi connectivity index (χ2v) is 3.64. The van der Waals surface area contributed by atoms with Gasteiger partial charge >= 0.3 is 15.5 Å². The third-order valence-electron chi connectivity index (χ3n) is 0.133. The summed E-state index contributed by atoms with van der Waals surface area (Å²) in [7, 11) is -0.859. The minimum absolute atomic E-state index is 0.0365. The van der Waals surface area contributed by atoms with Gasteiger partial charge in [0.15, 0.2) is 0 Å². The van der Waals surface area contributed by atoms with Crippen molar-refractivity contribution < 1.29 is 18.3 Å². The van der Waals surface area contributed by atoms with E-state index >= 15 is 0 Å². The molecule has 1 N–H and O–H groups in total. The minimum atomic E-state index is -3.76. The Morgan fingerprint density at radius 2 is 3.00 bits per heavy atom. The van der Waals surface area contributed by atoms with E-state index in [2.05, 4.69) is 9.21 Å². The van der Waals surface area contributed by atoms with Gasteiger partial charge in [0.2, 0.25) is 1.43 Å². The summed E-state index contributed by atoms with van der Waals surface area (Å²) in [6, 6.07) is 0. The minimum Gasteiger partial charge on any atom is -0.316 e. The molecule has 42 valence electrons. The fourth-order valence-electron chi connectivity index (χ4n) is 0.0408.